The van der Waals surface area contributed by atoms with Crippen molar-refractivity contribution in [1.82, 2.24) is 10.3 Å². The monoisotopic (exact) mass is 463 g/mol. The van der Waals surface area contributed by atoms with E-state index in [0.717, 1.165) is 28.7 Å². The number of amides is 2. The Kier molecular flexibility index (Phi) is 7.01. The maximum atomic E-state index is 13.1. The van der Waals surface area contributed by atoms with E-state index in [1.54, 1.807) is 42.5 Å². The Balaban J connectivity index is 1.33. The molecule has 2 N–H and O–H groups in total. The molecule has 2 heterocycles. The van der Waals surface area contributed by atoms with Crippen LogP contribution in [0, 0.1) is 5.92 Å². The molecule has 0 spiro atoms. The minimum Gasteiger partial charge on any atom is -0.497 e. The molecule has 9 nitrogen and oxygen atoms in total. The van der Waals surface area contributed by atoms with E-state index >= 15 is 0 Å². The summed E-state index contributed by atoms with van der Waals surface area (Å²) in [6.45, 7) is 4.51. The highest BCUT2D eigenvalue weighted by molar-refractivity contribution is 6.03. The normalized spacial score (nSPS) is 17.6. The van der Waals surface area contributed by atoms with Gasteiger partial charge in [-0.1, -0.05) is 6.92 Å². The van der Waals surface area contributed by atoms with Crippen LogP contribution in [0.25, 0.3) is 0 Å². The predicted molar refractivity (Wildman–Crippen MR) is 130 cm³/mol. The second kappa shape index (κ2) is 10.3. The SMILES string of the molecule is CCOc1ccc(N2C=CN3C(CC(C)CC(=O)Nc4ccc(OC)cc4)=NNC3C2=O)cc1. The number of ether oxygens (including phenoxy) is 2. The van der Waals surface area contributed by atoms with E-state index in [1.807, 2.05) is 49.2 Å². The molecule has 2 atom stereocenters. The van der Waals surface area contributed by atoms with Crippen molar-refractivity contribution in [2.45, 2.75) is 32.9 Å². The molecule has 4 rings (SSSR count). The molecule has 0 bridgehead atoms. The van der Waals surface area contributed by atoms with Crippen LogP contribution in [0.5, 0.6) is 11.5 Å². The number of fused-ring (bicyclic) bond motifs is 1. The lowest BCUT2D eigenvalue weighted by molar-refractivity contribution is -0.122. The van der Waals surface area contributed by atoms with Crippen LogP contribution in [-0.2, 0) is 9.59 Å². The third-order valence-electron chi connectivity index (χ3n) is 5.60. The Hall–Kier alpha value is -4.01. The maximum Gasteiger partial charge on any atom is 0.276 e. The highest BCUT2D eigenvalue weighted by Crippen LogP contribution is 2.26. The van der Waals surface area contributed by atoms with Crippen LogP contribution in [0.3, 0.4) is 0 Å². The number of hydrogen-bond acceptors (Lipinski definition) is 7. The Morgan fingerprint density at radius 1 is 1.12 bits per heavy atom. The van der Waals surface area contributed by atoms with Gasteiger partial charge in [-0.2, -0.15) is 5.10 Å². The number of amidine groups is 1. The van der Waals surface area contributed by atoms with E-state index < -0.39 is 6.17 Å². The van der Waals surface area contributed by atoms with Gasteiger partial charge in [0.05, 0.1) is 13.7 Å². The van der Waals surface area contributed by atoms with E-state index in [0.29, 0.717) is 19.4 Å². The van der Waals surface area contributed by atoms with E-state index in [-0.39, 0.29) is 17.7 Å². The molecular weight excluding hydrogens is 434 g/mol. The number of nitrogens with one attached hydrogen (secondary N) is 2. The van der Waals surface area contributed by atoms with Gasteiger partial charge in [0.2, 0.25) is 12.1 Å². The average molecular weight is 464 g/mol. The zero-order valence-electron chi connectivity index (χ0n) is 19.5. The number of benzene rings is 2. The molecule has 0 aliphatic carbocycles. The summed E-state index contributed by atoms with van der Waals surface area (Å²) in [7, 11) is 1.60. The molecule has 0 saturated carbocycles. The highest BCUT2D eigenvalue weighted by Gasteiger charge is 2.38. The Bertz CT molecular complexity index is 1080. The summed E-state index contributed by atoms with van der Waals surface area (Å²) in [6, 6.07) is 14.6. The van der Waals surface area contributed by atoms with Crippen molar-refractivity contribution < 1.29 is 19.1 Å². The zero-order chi connectivity index (χ0) is 24.1. The summed E-state index contributed by atoms with van der Waals surface area (Å²) in [5.74, 6) is 2.05. The minimum absolute atomic E-state index is 0.0326. The summed E-state index contributed by atoms with van der Waals surface area (Å²) in [4.78, 5) is 28.9. The summed E-state index contributed by atoms with van der Waals surface area (Å²) in [5.41, 5.74) is 4.41. The van der Waals surface area contributed by atoms with E-state index in [2.05, 4.69) is 15.8 Å². The summed E-state index contributed by atoms with van der Waals surface area (Å²) in [5, 5.41) is 7.28. The van der Waals surface area contributed by atoms with Crippen molar-refractivity contribution in [3.8, 4) is 11.5 Å². The van der Waals surface area contributed by atoms with Crippen LogP contribution in [0.15, 0.2) is 66.0 Å². The number of methoxy groups -OCH3 is 1. The quantitative estimate of drug-likeness (QED) is 0.591. The Morgan fingerprint density at radius 3 is 2.50 bits per heavy atom. The van der Waals surface area contributed by atoms with Crippen LogP contribution in [-0.4, -0.2) is 42.4 Å². The van der Waals surface area contributed by atoms with Gasteiger partial charge < -0.3 is 19.7 Å². The second-order valence-electron chi connectivity index (χ2n) is 8.19. The van der Waals surface area contributed by atoms with Crippen LogP contribution < -0.4 is 25.1 Å². The topological polar surface area (TPSA) is 95.5 Å². The summed E-state index contributed by atoms with van der Waals surface area (Å²) in [6.07, 6.45) is 3.86. The van der Waals surface area contributed by atoms with Crippen LogP contribution in [0.2, 0.25) is 0 Å². The zero-order valence-corrected chi connectivity index (χ0v) is 19.5. The first-order chi connectivity index (χ1) is 16.5. The van der Waals surface area contributed by atoms with Gasteiger partial charge in [0.15, 0.2) is 0 Å². The fraction of sp³-hybridized carbons (Fsp3) is 0.320. The average Bonchev–Trinajstić information content (AvgIpc) is 3.24. The molecule has 2 unspecified atom stereocenters. The summed E-state index contributed by atoms with van der Waals surface area (Å²) < 4.78 is 10.6. The van der Waals surface area contributed by atoms with Gasteiger partial charge in [0.1, 0.15) is 17.3 Å². The third kappa shape index (κ3) is 5.14. The van der Waals surface area contributed by atoms with Crippen LogP contribution in [0.1, 0.15) is 26.7 Å². The smallest absolute Gasteiger partial charge is 0.276 e. The van der Waals surface area contributed by atoms with Crippen molar-refractivity contribution in [1.29, 1.82) is 0 Å². The lowest BCUT2D eigenvalue weighted by Gasteiger charge is -2.32. The van der Waals surface area contributed by atoms with Crippen molar-refractivity contribution >= 4 is 29.0 Å². The molecule has 2 aliphatic heterocycles. The first-order valence-corrected chi connectivity index (χ1v) is 11.3. The fourth-order valence-corrected chi connectivity index (χ4v) is 3.92. The van der Waals surface area contributed by atoms with Gasteiger partial charge in [-0.3, -0.25) is 19.9 Å². The molecule has 2 aromatic carbocycles. The molecule has 2 aliphatic rings. The third-order valence-corrected chi connectivity index (χ3v) is 5.60. The van der Waals surface area contributed by atoms with Gasteiger partial charge in [0.25, 0.3) is 5.91 Å². The molecule has 0 saturated heterocycles. The molecule has 0 radical (unpaired) electrons. The maximum absolute atomic E-state index is 13.1. The van der Waals surface area contributed by atoms with Gasteiger partial charge in [0, 0.05) is 36.6 Å². The Morgan fingerprint density at radius 2 is 1.82 bits per heavy atom. The van der Waals surface area contributed by atoms with Gasteiger partial charge >= 0.3 is 0 Å². The molecule has 9 heteroatoms. The van der Waals surface area contributed by atoms with Crippen LogP contribution in [0.4, 0.5) is 11.4 Å². The van der Waals surface area contributed by atoms with Gasteiger partial charge in [-0.25, -0.2) is 0 Å². The van der Waals surface area contributed by atoms with E-state index in [4.69, 9.17) is 9.47 Å². The van der Waals surface area contributed by atoms with Crippen molar-refractivity contribution in [3.05, 3.63) is 60.9 Å². The standard InChI is InChI=1S/C25H29N5O4/c1-4-34-21-11-7-19(8-12-21)29-13-14-30-22(27-28-24(30)25(29)32)15-17(2)16-23(31)26-18-5-9-20(33-3)10-6-18/h5-14,17,24,28H,4,15-16H2,1-3H3,(H,26,31). The molecule has 0 fully saturated rings. The molecule has 2 aromatic rings. The minimum atomic E-state index is -0.605. The lowest BCUT2D eigenvalue weighted by atomic mass is 10.0. The number of nitrogens with zero attached hydrogens (tertiary/aromatic N) is 3. The van der Waals surface area contributed by atoms with Crippen molar-refractivity contribution in [3.63, 3.8) is 0 Å². The molecule has 178 valence electrons. The highest BCUT2D eigenvalue weighted by atomic mass is 16.5. The number of carbonyl (C=O) groups is 2. The predicted octanol–water partition coefficient (Wildman–Crippen LogP) is 3.51. The first kappa shape index (κ1) is 23.2. The first-order valence-electron chi connectivity index (χ1n) is 11.3. The van der Waals surface area contributed by atoms with Crippen molar-refractivity contribution in [2.75, 3.05) is 23.9 Å². The number of anilines is 2. The fourth-order valence-electron chi connectivity index (χ4n) is 3.92. The van der Waals surface area contributed by atoms with Gasteiger partial charge in [-0.15, -0.1) is 0 Å². The van der Waals surface area contributed by atoms with E-state index in [9.17, 15) is 9.59 Å². The van der Waals surface area contributed by atoms with Crippen LogP contribution >= 0.6 is 0 Å². The molecular formula is C25H29N5O4. The summed E-state index contributed by atoms with van der Waals surface area (Å²) >= 11 is 0. The van der Waals surface area contributed by atoms with E-state index in [1.165, 1.54) is 0 Å². The molecule has 0 aromatic heterocycles. The number of carbonyl (C=O) groups excluding carboxylic acids is 2. The largest absolute Gasteiger partial charge is 0.497 e. The Labute approximate surface area is 199 Å². The number of rotatable bonds is 9. The second-order valence-corrected chi connectivity index (χ2v) is 8.19. The van der Waals surface area contributed by atoms with Crippen molar-refractivity contribution in [2.24, 2.45) is 11.0 Å². The molecule has 34 heavy (non-hydrogen) atoms. The van der Waals surface area contributed by atoms with Gasteiger partial charge in [-0.05, 0) is 61.4 Å². The number of hydrazone groups is 1. The lowest BCUT2D eigenvalue weighted by Crippen LogP contribution is -2.52. The number of hydrogen-bond donors (Lipinski definition) is 2. The molecule has 2 amide bonds.